The molecule has 0 saturated heterocycles. The third-order valence-corrected chi connectivity index (χ3v) is 5.36. The van der Waals surface area contributed by atoms with Crippen molar-refractivity contribution < 1.29 is 9.32 Å². The lowest BCUT2D eigenvalue weighted by atomic mass is 9.88. The molecular weight excluding hydrogens is 322 g/mol. The smallest absolute Gasteiger partial charge is 0.252 e. The Morgan fingerprint density at radius 3 is 2.38 bits per heavy atom. The summed E-state index contributed by atoms with van der Waals surface area (Å²) < 4.78 is 5.19. The first-order valence-electron chi connectivity index (χ1n) is 8.40. The van der Waals surface area contributed by atoms with Gasteiger partial charge >= 0.3 is 0 Å². The zero-order valence-electron chi connectivity index (χ0n) is 14.2. The predicted octanol–water partition coefficient (Wildman–Crippen LogP) is 4.08. The minimum Gasteiger partial charge on any atom is -0.340 e. The molecule has 128 valence electrons. The third-order valence-electron chi connectivity index (χ3n) is 4.62. The lowest BCUT2D eigenvalue weighted by Gasteiger charge is -2.30. The molecule has 1 fully saturated rings. The monoisotopic (exact) mass is 345 g/mol. The molecule has 1 aromatic carbocycles. The molecule has 0 bridgehead atoms. The van der Waals surface area contributed by atoms with E-state index in [1.807, 2.05) is 30.5 Å². The number of carbonyl (C=O) groups is 1. The Balaban J connectivity index is 1.86. The molecule has 2 aromatic rings. The van der Waals surface area contributed by atoms with Gasteiger partial charge in [0.15, 0.2) is 5.82 Å². The van der Waals surface area contributed by atoms with Crippen molar-refractivity contribution in [2.75, 3.05) is 6.26 Å². The van der Waals surface area contributed by atoms with Crippen molar-refractivity contribution >= 4 is 17.7 Å². The Hall–Kier alpha value is -1.82. The lowest BCUT2D eigenvalue weighted by molar-refractivity contribution is 0.0876. The van der Waals surface area contributed by atoms with Gasteiger partial charge in [-0.1, -0.05) is 30.8 Å². The summed E-state index contributed by atoms with van der Waals surface area (Å²) in [6.45, 7) is 1.78. The Morgan fingerprint density at radius 2 is 1.83 bits per heavy atom. The molecular formula is C18H23N3O2S. The van der Waals surface area contributed by atoms with E-state index in [2.05, 4.69) is 15.5 Å². The molecule has 1 aliphatic carbocycles. The number of thioether (sulfide) groups is 1. The minimum atomic E-state index is -0.524. The number of aromatic nitrogens is 2. The molecule has 1 N–H and O–H groups in total. The van der Waals surface area contributed by atoms with Gasteiger partial charge in [-0.15, -0.1) is 11.8 Å². The van der Waals surface area contributed by atoms with Gasteiger partial charge < -0.3 is 9.84 Å². The Bertz CT molecular complexity index is 689. The van der Waals surface area contributed by atoms with Gasteiger partial charge in [0.2, 0.25) is 5.89 Å². The molecule has 0 unspecified atom stereocenters. The van der Waals surface area contributed by atoms with Crippen LogP contribution >= 0.6 is 11.8 Å². The van der Waals surface area contributed by atoms with Crippen LogP contribution in [0.1, 0.15) is 60.6 Å². The maximum atomic E-state index is 12.8. The van der Waals surface area contributed by atoms with Crippen molar-refractivity contribution in [3.8, 4) is 0 Å². The molecule has 1 saturated carbocycles. The molecule has 0 radical (unpaired) electrons. The standard InChI is InChI=1S/C18H23N3O2S/c1-13-19-17(21-23-13)18(11-5-3-4-6-12-18)20-16(22)14-7-9-15(24-2)10-8-14/h7-10H,3-6,11-12H2,1-2H3,(H,20,22). The second-order valence-electron chi connectivity index (χ2n) is 6.32. The van der Waals surface area contributed by atoms with Gasteiger partial charge in [-0.25, -0.2) is 0 Å². The van der Waals surface area contributed by atoms with Crippen LogP contribution in [0.5, 0.6) is 0 Å². The zero-order valence-corrected chi connectivity index (χ0v) is 15.0. The summed E-state index contributed by atoms with van der Waals surface area (Å²) in [6.07, 6.45) is 8.18. The Morgan fingerprint density at radius 1 is 1.17 bits per heavy atom. The second-order valence-corrected chi connectivity index (χ2v) is 7.20. The molecule has 1 amide bonds. The van der Waals surface area contributed by atoms with E-state index >= 15 is 0 Å². The van der Waals surface area contributed by atoms with E-state index in [4.69, 9.17) is 4.52 Å². The highest BCUT2D eigenvalue weighted by atomic mass is 32.2. The van der Waals surface area contributed by atoms with E-state index in [0.29, 0.717) is 17.3 Å². The van der Waals surface area contributed by atoms with Gasteiger partial charge in [-0.05, 0) is 43.4 Å². The van der Waals surface area contributed by atoms with Crippen molar-refractivity contribution in [1.29, 1.82) is 0 Å². The van der Waals surface area contributed by atoms with Crippen LogP contribution in [0.25, 0.3) is 0 Å². The fraction of sp³-hybridized carbons (Fsp3) is 0.500. The molecule has 6 heteroatoms. The Labute approximate surface area is 146 Å². The van der Waals surface area contributed by atoms with Crippen LogP contribution in [0.4, 0.5) is 0 Å². The van der Waals surface area contributed by atoms with E-state index in [-0.39, 0.29) is 5.91 Å². The van der Waals surface area contributed by atoms with E-state index in [0.717, 1.165) is 30.6 Å². The molecule has 0 aliphatic heterocycles. The SMILES string of the molecule is CSc1ccc(C(=O)NC2(c3noc(C)n3)CCCCCC2)cc1. The molecule has 0 atom stereocenters. The fourth-order valence-corrected chi connectivity index (χ4v) is 3.67. The summed E-state index contributed by atoms with van der Waals surface area (Å²) in [5.41, 5.74) is 0.139. The van der Waals surface area contributed by atoms with Crippen LogP contribution in [-0.4, -0.2) is 22.3 Å². The van der Waals surface area contributed by atoms with Crippen molar-refractivity contribution in [3.63, 3.8) is 0 Å². The summed E-state index contributed by atoms with van der Waals surface area (Å²) in [5.74, 6) is 1.06. The van der Waals surface area contributed by atoms with Gasteiger partial charge in [0.1, 0.15) is 5.54 Å². The molecule has 5 nitrogen and oxygen atoms in total. The summed E-state index contributed by atoms with van der Waals surface area (Å²) in [6, 6.07) is 7.68. The van der Waals surface area contributed by atoms with Crippen LogP contribution in [0, 0.1) is 6.92 Å². The molecule has 1 aromatic heterocycles. The number of nitrogens with zero attached hydrogens (tertiary/aromatic N) is 2. The number of amides is 1. The highest BCUT2D eigenvalue weighted by Crippen LogP contribution is 2.35. The topological polar surface area (TPSA) is 68.0 Å². The minimum absolute atomic E-state index is 0.0768. The van der Waals surface area contributed by atoms with E-state index in [1.165, 1.54) is 12.8 Å². The van der Waals surface area contributed by atoms with E-state index in [1.54, 1.807) is 18.7 Å². The first kappa shape index (κ1) is 17.0. The van der Waals surface area contributed by atoms with Crippen molar-refractivity contribution in [3.05, 3.63) is 41.5 Å². The zero-order chi connectivity index (χ0) is 17.0. The molecule has 1 heterocycles. The number of hydrogen-bond acceptors (Lipinski definition) is 5. The van der Waals surface area contributed by atoms with Gasteiger partial charge in [-0.2, -0.15) is 4.98 Å². The van der Waals surface area contributed by atoms with E-state index in [9.17, 15) is 4.79 Å². The van der Waals surface area contributed by atoms with Crippen LogP contribution in [-0.2, 0) is 5.54 Å². The van der Waals surface area contributed by atoms with E-state index < -0.39 is 5.54 Å². The number of hydrogen-bond donors (Lipinski definition) is 1. The van der Waals surface area contributed by atoms with Crippen molar-refractivity contribution in [2.45, 2.75) is 55.9 Å². The summed E-state index contributed by atoms with van der Waals surface area (Å²) in [4.78, 5) is 18.4. The highest BCUT2D eigenvalue weighted by molar-refractivity contribution is 7.98. The average molecular weight is 345 g/mol. The number of benzene rings is 1. The van der Waals surface area contributed by atoms with Gasteiger partial charge in [0.05, 0.1) is 0 Å². The lowest BCUT2D eigenvalue weighted by Crippen LogP contribution is -2.46. The van der Waals surface area contributed by atoms with Crippen LogP contribution in [0.2, 0.25) is 0 Å². The number of aryl methyl sites for hydroxylation is 1. The van der Waals surface area contributed by atoms with Gasteiger partial charge in [0, 0.05) is 17.4 Å². The summed E-state index contributed by atoms with van der Waals surface area (Å²) in [7, 11) is 0. The highest BCUT2D eigenvalue weighted by Gasteiger charge is 2.38. The normalized spacial score (nSPS) is 17.2. The number of nitrogens with one attached hydrogen (secondary N) is 1. The van der Waals surface area contributed by atoms with Gasteiger partial charge in [-0.3, -0.25) is 4.79 Å². The third kappa shape index (κ3) is 3.64. The number of rotatable bonds is 4. The fourth-order valence-electron chi connectivity index (χ4n) is 3.26. The molecule has 0 spiro atoms. The van der Waals surface area contributed by atoms with Crippen molar-refractivity contribution in [1.82, 2.24) is 15.5 Å². The first-order valence-corrected chi connectivity index (χ1v) is 9.63. The maximum Gasteiger partial charge on any atom is 0.252 e. The van der Waals surface area contributed by atoms with Crippen LogP contribution in [0.15, 0.2) is 33.7 Å². The summed E-state index contributed by atoms with van der Waals surface area (Å²) >= 11 is 1.66. The number of carbonyl (C=O) groups excluding carboxylic acids is 1. The maximum absolute atomic E-state index is 12.8. The van der Waals surface area contributed by atoms with Gasteiger partial charge in [0.25, 0.3) is 5.91 Å². The van der Waals surface area contributed by atoms with Crippen LogP contribution in [0.3, 0.4) is 0 Å². The molecule has 24 heavy (non-hydrogen) atoms. The second kappa shape index (κ2) is 7.38. The molecule has 1 aliphatic rings. The summed E-state index contributed by atoms with van der Waals surface area (Å²) in [5, 5.41) is 7.35. The average Bonchev–Trinajstić information content (AvgIpc) is 2.90. The molecule has 3 rings (SSSR count). The largest absolute Gasteiger partial charge is 0.340 e. The predicted molar refractivity (Wildman–Crippen MR) is 94.1 cm³/mol. The first-order chi connectivity index (χ1) is 11.6. The van der Waals surface area contributed by atoms with Crippen molar-refractivity contribution in [2.24, 2.45) is 0 Å². The van der Waals surface area contributed by atoms with Crippen LogP contribution < -0.4 is 5.32 Å². The Kier molecular flexibility index (Phi) is 5.23. The quantitative estimate of drug-likeness (QED) is 0.668.